The van der Waals surface area contributed by atoms with Gasteiger partial charge in [0.1, 0.15) is 5.82 Å². The number of hydrogen-bond acceptors (Lipinski definition) is 5. The zero-order valence-corrected chi connectivity index (χ0v) is 11.9. The van der Waals surface area contributed by atoms with Crippen molar-refractivity contribution in [2.75, 3.05) is 11.9 Å². The Morgan fingerprint density at radius 1 is 1.15 bits per heavy atom. The highest BCUT2D eigenvalue weighted by molar-refractivity contribution is 7.89. The standard InChI is InChI=1S/C13H16N4O2S/c1-10-13(17-9-8-15-10)16-7-6-11-2-4-12(5-3-11)20(14,18)19/h2-5,8-9H,6-7H2,1H3,(H,16,17)(H2,14,18,19). The summed E-state index contributed by atoms with van der Waals surface area (Å²) < 4.78 is 22.3. The molecule has 2 aromatic rings. The zero-order valence-electron chi connectivity index (χ0n) is 11.1. The smallest absolute Gasteiger partial charge is 0.238 e. The lowest BCUT2D eigenvalue weighted by atomic mass is 10.1. The summed E-state index contributed by atoms with van der Waals surface area (Å²) in [6.07, 6.45) is 4.03. The van der Waals surface area contributed by atoms with Gasteiger partial charge in [0, 0.05) is 18.9 Å². The number of benzene rings is 1. The summed E-state index contributed by atoms with van der Waals surface area (Å²) in [6, 6.07) is 6.53. The zero-order chi connectivity index (χ0) is 14.6. The van der Waals surface area contributed by atoms with Gasteiger partial charge in [0.2, 0.25) is 10.0 Å². The minimum atomic E-state index is -3.62. The van der Waals surface area contributed by atoms with Crippen LogP contribution in [-0.4, -0.2) is 24.9 Å². The maximum absolute atomic E-state index is 11.1. The highest BCUT2D eigenvalue weighted by Gasteiger charge is 2.06. The molecule has 0 aliphatic carbocycles. The number of anilines is 1. The molecule has 0 saturated carbocycles. The Morgan fingerprint density at radius 2 is 1.80 bits per heavy atom. The molecule has 3 N–H and O–H groups in total. The monoisotopic (exact) mass is 292 g/mol. The number of aromatic nitrogens is 2. The number of aryl methyl sites for hydroxylation is 1. The van der Waals surface area contributed by atoms with Crippen molar-refractivity contribution in [3.8, 4) is 0 Å². The van der Waals surface area contributed by atoms with Crippen LogP contribution in [0.1, 0.15) is 11.3 Å². The molecule has 1 aromatic heterocycles. The van der Waals surface area contributed by atoms with Crippen LogP contribution in [0.3, 0.4) is 0 Å². The van der Waals surface area contributed by atoms with E-state index < -0.39 is 10.0 Å². The molecular weight excluding hydrogens is 276 g/mol. The molecule has 20 heavy (non-hydrogen) atoms. The molecule has 0 amide bonds. The van der Waals surface area contributed by atoms with E-state index in [1.54, 1.807) is 24.5 Å². The highest BCUT2D eigenvalue weighted by atomic mass is 32.2. The van der Waals surface area contributed by atoms with E-state index in [4.69, 9.17) is 5.14 Å². The topological polar surface area (TPSA) is 98.0 Å². The molecule has 0 unspecified atom stereocenters. The number of sulfonamides is 1. The minimum absolute atomic E-state index is 0.124. The first-order chi connectivity index (χ1) is 9.47. The maximum atomic E-state index is 11.1. The third-order valence-electron chi connectivity index (χ3n) is 2.84. The summed E-state index contributed by atoms with van der Waals surface area (Å²) in [5.41, 5.74) is 1.86. The maximum Gasteiger partial charge on any atom is 0.238 e. The van der Waals surface area contributed by atoms with Crippen LogP contribution in [0, 0.1) is 6.92 Å². The van der Waals surface area contributed by atoms with E-state index in [1.165, 1.54) is 12.1 Å². The molecule has 0 aliphatic heterocycles. The Bertz CT molecular complexity index is 684. The van der Waals surface area contributed by atoms with Gasteiger partial charge in [0.15, 0.2) is 0 Å². The molecule has 0 atom stereocenters. The molecular formula is C13H16N4O2S. The first kappa shape index (κ1) is 14.4. The Morgan fingerprint density at radius 3 is 2.40 bits per heavy atom. The molecule has 6 nitrogen and oxygen atoms in total. The van der Waals surface area contributed by atoms with Gasteiger partial charge >= 0.3 is 0 Å². The lowest BCUT2D eigenvalue weighted by Crippen LogP contribution is -2.12. The average molecular weight is 292 g/mol. The van der Waals surface area contributed by atoms with Gasteiger partial charge < -0.3 is 5.32 Å². The number of hydrogen-bond donors (Lipinski definition) is 2. The van der Waals surface area contributed by atoms with Crippen molar-refractivity contribution < 1.29 is 8.42 Å². The largest absolute Gasteiger partial charge is 0.368 e. The predicted molar refractivity (Wildman–Crippen MR) is 76.8 cm³/mol. The molecule has 0 fully saturated rings. The third kappa shape index (κ3) is 3.75. The van der Waals surface area contributed by atoms with Crippen LogP contribution in [0.4, 0.5) is 5.82 Å². The van der Waals surface area contributed by atoms with Gasteiger partial charge in [0.25, 0.3) is 0 Å². The highest BCUT2D eigenvalue weighted by Crippen LogP contribution is 2.10. The number of rotatable bonds is 5. The van der Waals surface area contributed by atoms with Gasteiger partial charge in [-0.2, -0.15) is 0 Å². The molecule has 1 aromatic carbocycles. The van der Waals surface area contributed by atoms with Gasteiger partial charge in [-0.05, 0) is 31.0 Å². The molecule has 2 rings (SSSR count). The van der Waals surface area contributed by atoms with Gasteiger partial charge in [0.05, 0.1) is 10.6 Å². The van der Waals surface area contributed by atoms with Crippen molar-refractivity contribution in [2.24, 2.45) is 5.14 Å². The summed E-state index contributed by atoms with van der Waals surface area (Å²) >= 11 is 0. The molecule has 0 saturated heterocycles. The van der Waals surface area contributed by atoms with Crippen LogP contribution in [0.25, 0.3) is 0 Å². The van der Waals surface area contributed by atoms with Crippen molar-refractivity contribution in [2.45, 2.75) is 18.2 Å². The molecule has 0 aliphatic rings. The van der Waals surface area contributed by atoms with Crippen molar-refractivity contribution >= 4 is 15.8 Å². The molecule has 0 radical (unpaired) electrons. The summed E-state index contributed by atoms with van der Waals surface area (Å²) in [5.74, 6) is 0.758. The fourth-order valence-corrected chi connectivity index (χ4v) is 2.27. The van der Waals surface area contributed by atoms with Crippen LogP contribution in [0.15, 0.2) is 41.6 Å². The van der Waals surface area contributed by atoms with Crippen molar-refractivity contribution in [3.05, 3.63) is 47.9 Å². The minimum Gasteiger partial charge on any atom is -0.368 e. The van der Waals surface area contributed by atoms with Crippen molar-refractivity contribution in [3.63, 3.8) is 0 Å². The number of nitrogens with one attached hydrogen (secondary N) is 1. The van der Waals surface area contributed by atoms with Crippen LogP contribution < -0.4 is 10.5 Å². The van der Waals surface area contributed by atoms with Crippen LogP contribution in [0.5, 0.6) is 0 Å². The van der Waals surface area contributed by atoms with E-state index in [-0.39, 0.29) is 4.90 Å². The Hall–Kier alpha value is -1.99. The van der Waals surface area contributed by atoms with Crippen LogP contribution in [0.2, 0.25) is 0 Å². The normalized spacial score (nSPS) is 11.3. The van der Waals surface area contributed by atoms with E-state index >= 15 is 0 Å². The van der Waals surface area contributed by atoms with E-state index in [0.29, 0.717) is 6.54 Å². The van der Waals surface area contributed by atoms with E-state index in [2.05, 4.69) is 15.3 Å². The first-order valence-corrected chi connectivity index (χ1v) is 7.64. The summed E-state index contributed by atoms with van der Waals surface area (Å²) in [5, 5.41) is 8.23. The summed E-state index contributed by atoms with van der Waals surface area (Å²) in [4.78, 5) is 8.45. The number of primary sulfonamides is 1. The Kier molecular flexibility index (Phi) is 4.31. The lowest BCUT2D eigenvalue weighted by Gasteiger charge is -2.07. The van der Waals surface area contributed by atoms with Crippen LogP contribution in [-0.2, 0) is 16.4 Å². The Balaban J connectivity index is 1.94. The second-order valence-electron chi connectivity index (χ2n) is 4.36. The first-order valence-electron chi connectivity index (χ1n) is 6.10. The second kappa shape index (κ2) is 5.98. The SMILES string of the molecule is Cc1nccnc1NCCc1ccc(S(N)(=O)=O)cc1. The van der Waals surface area contributed by atoms with Gasteiger partial charge in [-0.25, -0.2) is 18.5 Å². The average Bonchev–Trinajstić information content (AvgIpc) is 2.40. The molecule has 1 heterocycles. The lowest BCUT2D eigenvalue weighted by molar-refractivity contribution is 0.598. The fourth-order valence-electron chi connectivity index (χ4n) is 1.75. The van der Waals surface area contributed by atoms with Gasteiger partial charge in [-0.3, -0.25) is 4.98 Å². The second-order valence-corrected chi connectivity index (χ2v) is 5.92. The predicted octanol–water partition coefficient (Wildman–Crippen LogP) is 1.09. The quantitative estimate of drug-likeness (QED) is 0.859. The van der Waals surface area contributed by atoms with Crippen molar-refractivity contribution in [1.82, 2.24) is 9.97 Å². The fraction of sp³-hybridized carbons (Fsp3) is 0.231. The van der Waals surface area contributed by atoms with E-state index in [9.17, 15) is 8.42 Å². The molecule has 0 bridgehead atoms. The Labute approximate surface area is 118 Å². The number of nitrogens with zero attached hydrogens (tertiary/aromatic N) is 2. The summed E-state index contributed by atoms with van der Waals surface area (Å²) in [6.45, 7) is 2.57. The van der Waals surface area contributed by atoms with E-state index in [0.717, 1.165) is 23.5 Å². The summed E-state index contributed by atoms with van der Waals surface area (Å²) in [7, 11) is -3.62. The van der Waals surface area contributed by atoms with Gasteiger partial charge in [-0.1, -0.05) is 12.1 Å². The van der Waals surface area contributed by atoms with Gasteiger partial charge in [-0.15, -0.1) is 0 Å². The van der Waals surface area contributed by atoms with E-state index in [1.807, 2.05) is 6.92 Å². The third-order valence-corrected chi connectivity index (χ3v) is 3.77. The number of nitrogens with two attached hydrogens (primary N) is 1. The van der Waals surface area contributed by atoms with Crippen LogP contribution >= 0.6 is 0 Å². The molecule has 0 spiro atoms. The van der Waals surface area contributed by atoms with Crippen molar-refractivity contribution in [1.29, 1.82) is 0 Å². The molecule has 7 heteroatoms. The molecule has 106 valence electrons.